The van der Waals surface area contributed by atoms with E-state index in [0.29, 0.717) is 27.7 Å². The van der Waals surface area contributed by atoms with Gasteiger partial charge in [0, 0.05) is 18.8 Å². The van der Waals surface area contributed by atoms with Gasteiger partial charge >= 0.3 is 0 Å². The van der Waals surface area contributed by atoms with Crippen molar-refractivity contribution >= 4 is 46.6 Å². The maximum absolute atomic E-state index is 6.13. The summed E-state index contributed by atoms with van der Waals surface area (Å²) in [5.41, 5.74) is 2.46. The van der Waals surface area contributed by atoms with Crippen molar-refractivity contribution in [2.45, 2.75) is 13.0 Å². The number of rotatable bonds is 5. The zero-order chi connectivity index (χ0) is 13.0. The second-order valence-electron chi connectivity index (χ2n) is 3.68. The molecule has 0 aromatic carbocycles. The highest BCUT2D eigenvalue weighted by Gasteiger charge is 2.16. The van der Waals surface area contributed by atoms with Gasteiger partial charge in [-0.05, 0) is 19.2 Å². The third kappa shape index (κ3) is 3.55. The summed E-state index contributed by atoms with van der Waals surface area (Å²) in [7, 11) is 1.95. The lowest BCUT2D eigenvalue weighted by Gasteiger charge is -2.26. The number of hydrazine groups is 1. The Balaban J connectivity index is 3.04. The molecule has 1 rings (SSSR count). The highest BCUT2D eigenvalue weighted by molar-refractivity contribution is 7.98. The summed E-state index contributed by atoms with van der Waals surface area (Å²) in [6.45, 7) is 2.11. The lowest BCUT2D eigenvalue weighted by Crippen LogP contribution is -2.32. The molecule has 7 heteroatoms. The summed E-state index contributed by atoms with van der Waals surface area (Å²) in [5.74, 6) is 7.43. The highest BCUT2D eigenvalue weighted by Crippen LogP contribution is 2.31. The minimum Gasteiger partial charge on any atom is -0.355 e. The van der Waals surface area contributed by atoms with Gasteiger partial charge in [-0.1, -0.05) is 23.2 Å². The molecule has 17 heavy (non-hydrogen) atoms. The molecule has 0 fully saturated rings. The number of nitrogens with two attached hydrogens (primary N) is 1. The van der Waals surface area contributed by atoms with Gasteiger partial charge in [-0.3, -0.25) is 0 Å². The Kier molecular flexibility index (Phi) is 5.66. The molecule has 0 saturated carbocycles. The number of anilines is 2. The zero-order valence-electron chi connectivity index (χ0n) is 10.00. The van der Waals surface area contributed by atoms with Crippen LogP contribution in [0.15, 0.2) is 6.07 Å². The summed E-state index contributed by atoms with van der Waals surface area (Å²) in [5, 5.41) is 0.927. The van der Waals surface area contributed by atoms with E-state index in [4.69, 9.17) is 29.0 Å². The number of thioether (sulfide) groups is 1. The van der Waals surface area contributed by atoms with E-state index in [2.05, 4.69) is 23.6 Å². The van der Waals surface area contributed by atoms with E-state index in [9.17, 15) is 0 Å². The van der Waals surface area contributed by atoms with E-state index in [-0.39, 0.29) is 0 Å². The third-order valence-corrected chi connectivity index (χ3v) is 3.83. The van der Waals surface area contributed by atoms with Crippen molar-refractivity contribution < 1.29 is 0 Å². The number of nitrogen functional groups attached to an aromatic ring is 1. The average molecular weight is 295 g/mol. The van der Waals surface area contributed by atoms with Gasteiger partial charge in [0.05, 0.1) is 10.0 Å². The number of nitrogens with one attached hydrogen (secondary N) is 1. The van der Waals surface area contributed by atoms with Crippen LogP contribution in [0, 0.1) is 0 Å². The van der Waals surface area contributed by atoms with Crippen molar-refractivity contribution in [3.63, 3.8) is 0 Å². The van der Waals surface area contributed by atoms with Gasteiger partial charge < -0.3 is 10.3 Å². The first-order valence-electron chi connectivity index (χ1n) is 5.05. The molecule has 0 amide bonds. The van der Waals surface area contributed by atoms with Gasteiger partial charge in [-0.15, -0.1) is 0 Å². The quantitative estimate of drug-likeness (QED) is 0.646. The Bertz CT molecular complexity index is 389. The smallest absolute Gasteiger partial charge is 0.161 e. The van der Waals surface area contributed by atoms with Crippen molar-refractivity contribution in [2.75, 3.05) is 29.4 Å². The van der Waals surface area contributed by atoms with Crippen LogP contribution in [0.5, 0.6) is 0 Å². The highest BCUT2D eigenvalue weighted by atomic mass is 35.5. The Morgan fingerprint density at radius 1 is 1.53 bits per heavy atom. The van der Waals surface area contributed by atoms with Crippen molar-refractivity contribution in [3.05, 3.63) is 16.1 Å². The van der Waals surface area contributed by atoms with Crippen LogP contribution in [0.25, 0.3) is 0 Å². The molecule has 0 aliphatic carbocycles. The Morgan fingerprint density at radius 2 is 2.18 bits per heavy atom. The lowest BCUT2D eigenvalue weighted by atomic mass is 10.3. The fourth-order valence-electron chi connectivity index (χ4n) is 1.37. The topological polar surface area (TPSA) is 54.2 Å². The molecule has 1 atom stereocenters. The number of halogens is 2. The van der Waals surface area contributed by atoms with E-state index in [1.54, 1.807) is 17.8 Å². The second kappa shape index (κ2) is 6.54. The molecule has 96 valence electrons. The minimum atomic E-state index is 0.321. The standard InChI is InChI=1S/C10H16Cl2N4S/c1-6(5-17-3)16(2)10-8(12)4-7(11)9(14-10)15-13/h4,6H,5,13H2,1-3H3,(H,14,15). The maximum Gasteiger partial charge on any atom is 0.161 e. The van der Waals surface area contributed by atoms with Crippen LogP contribution in [-0.4, -0.2) is 30.1 Å². The fourth-order valence-corrected chi connectivity index (χ4v) is 2.62. The van der Waals surface area contributed by atoms with E-state index in [0.717, 1.165) is 5.75 Å². The Labute approximate surface area is 116 Å². The molecule has 1 heterocycles. The molecular weight excluding hydrogens is 279 g/mol. The predicted molar refractivity (Wildman–Crippen MR) is 78.3 cm³/mol. The van der Waals surface area contributed by atoms with Crippen LogP contribution in [0.1, 0.15) is 6.92 Å². The molecule has 4 nitrogen and oxygen atoms in total. The molecule has 0 aliphatic heterocycles. The van der Waals surface area contributed by atoms with Crippen LogP contribution < -0.4 is 16.2 Å². The summed E-state index contributed by atoms with van der Waals surface area (Å²) in [4.78, 5) is 6.32. The molecule has 1 unspecified atom stereocenters. The van der Waals surface area contributed by atoms with E-state index in [1.165, 1.54) is 0 Å². The Hall–Kier alpha value is -0.360. The molecular formula is C10H16Cl2N4S. The van der Waals surface area contributed by atoms with Crippen molar-refractivity contribution in [1.82, 2.24) is 4.98 Å². The van der Waals surface area contributed by atoms with Crippen LogP contribution in [0.2, 0.25) is 10.0 Å². The van der Waals surface area contributed by atoms with Crippen LogP contribution in [0.3, 0.4) is 0 Å². The lowest BCUT2D eigenvalue weighted by molar-refractivity contribution is 0.754. The summed E-state index contributed by atoms with van der Waals surface area (Å²) >= 11 is 13.8. The van der Waals surface area contributed by atoms with Gasteiger partial charge in [-0.25, -0.2) is 10.8 Å². The first-order chi connectivity index (χ1) is 8.01. The second-order valence-corrected chi connectivity index (χ2v) is 5.41. The summed E-state index contributed by atoms with van der Waals surface area (Å²) < 4.78 is 0. The molecule has 0 aliphatic rings. The Morgan fingerprint density at radius 3 is 2.71 bits per heavy atom. The third-order valence-electron chi connectivity index (χ3n) is 2.45. The molecule has 1 aromatic heterocycles. The van der Waals surface area contributed by atoms with Gasteiger partial charge in [-0.2, -0.15) is 11.8 Å². The maximum atomic E-state index is 6.13. The average Bonchev–Trinajstić information content (AvgIpc) is 2.29. The molecule has 3 N–H and O–H groups in total. The largest absolute Gasteiger partial charge is 0.355 e. The zero-order valence-corrected chi connectivity index (χ0v) is 12.3. The van der Waals surface area contributed by atoms with Crippen molar-refractivity contribution in [2.24, 2.45) is 5.84 Å². The van der Waals surface area contributed by atoms with Gasteiger partial charge in [0.1, 0.15) is 5.82 Å². The van der Waals surface area contributed by atoms with E-state index in [1.807, 2.05) is 11.9 Å². The molecule has 0 spiro atoms. The summed E-state index contributed by atoms with van der Waals surface area (Å²) in [6, 6.07) is 1.96. The SMILES string of the molecule is CSCC(C)N(C)c1nc(NN)c(Cl)cc1Cl. The summed E-state index contributed by atoms with van der Waals surface area (Å²) in [6.07, 6.45) is 2.06. The number of aromatic nitrogens is 1. The van der Waals surface area contributed by atoms with Crippen LogP contribution >= 0.6 is 35.0 Å². The van der Waals surface area contributed by atoms with Gasteiger partial charge in [0.2, 0.25) is 0 Å². The first kappa shape index (κ1) is 14.7. The van der Waals surface area contributed by atoms with Gasteiger partial charge in [0.25, 0.3) is 0 Å². The van der Waals surface area contributed by atoms with Crippen molar-refractivity contribution in [3.8, 4) is 0 Å². The fraction of sp³-hybridized carbons (Fsp3) is 0.500. The molecule has 0 bridgehead atoms. The van der Waals surface area contributed by atoms with E-state index >= 15 is 0 Å². The van der Waals surface area contributed by atoms with Crippen LogP contribution in [-0.2, 0) is 0 Å². The molecule has 0 saturated heterocycles. The number of hydrogen-bond donors (Lipinski definition) is 2. The van der Waals surface area contributed by atoms with E-state index < -0.39 is 0 Å². The first-order valence-corrected chi connectivity index (χ1v) is 7.20. The monoisotopic (exact) mass is 294 g/mol. The number of nitrogens with zero attached hydrogens (tertiary/aromatic N) is 2. The predicted octanol–water partition coefficient (Wildman–Crippen LogP) is 2.86. The number of hydrogen-bond acceptors (Lipinski definition) is 5. The molecule has 0 radical (unpaired) electrons. The van der Waals surface area contributed by atoms with Crippen molar-refractivity contribution in [1.29, 1.82) is 0 Å². The minimum absolute atomic E-state index is 0.321. The normalized spacial score (nSPS) is 12.4. The number of pyridine rings is 1. The molecule has 1 aromatic rings. The van der Waals surface area contributed by atoms with Crippen LogP contribution in [0.4, 0.5) is 11.6 Å². The van der Waals surface area contributed by atoms with Gasteiger partial charge in [0.15, 0.2) is 5.82 Å².